The molecule has 19 heavy (non-hydrogen) atoms. The molecule has 1 aliphatic rings. The first kappa shape index (κ1) is 13.8. The monoisotopic (exact) mass is 279 g/mol. The molecule has 1 aromatic rings. The van der Waals surface area contributed by atoms with Crippen LogP contribution in [-0.2, 0) is 10.0 Å². The quantitative estimate of drug-likeness (QED) is 0.816. The van der Waals surface area contributed by atoms with Crippen LogP contribution in [0.15, 0.2) is 23.1 Å². The summed E-state index contributed by atoms with van der Waals surface area (Å²) in [4.78, 5) is -0.0114. The van der Waals surface area contributed by atoms with Crippen molar-refractivity contribution in [3.05, 3.63) is 23.8 Å². The molecular weight excluding hydrogens is 262 g/mol. The van der Waals surface area contributed by atoms with Crippen molar-refractivity contribution in [1.29, 1.82) is 5.26 Å². The van der Waals surface area contributed by atoms with Crippen molar-refractivity contribution < 1.29 is 8.42 Å². The molecule has 3 N–H and O–H groups in total. The van der Waals surface area contributed by atoms with Crippen molar-refractivity contribution in [2.24, 2.45) is 11.3 Å². The fourth-order valence-electron chi connectivity index (χ4n) is 2.08. The van der Waals surface area contributed by atoms with E-state index in [1.807, 2.05) is 6.07 Å². The van der Waals surface area contributed by atoms with Crippen LogP contribution in [0.4, 0.5) is 5.69 Å². The summed E-state index contributed by atoms with van der Waals surface area (Å²) in [6.45, 7) is 4.62. The predicted octanol–water partition coefficient (Wildman–Crippen LogP) is 1.46. The molecule has 1 aromatic carbocycles. The summed E-state index contributed by atoms with van der Waals surface area (Å²) in [5.41, 5.74) is 6.20. The zero-order valence-corrected chi connectivity index (χ0v) is 11.8. The van der Waals surface area contributed by atoms with Crippen molar-refractivity contribution in [2.45, 2.75) is 25.2 Å². The molecule has 1 unspecified atom stereocenters. The van der Waals surface area contributed by atoms with Gasteiger partial charge in [-0.05, 0) is 36.0 Å². The predicted molar refractivity (Wildman–Crippen MR) is 72.6 cm³/mol. The molecule has 0 saturated heterocycles. The van der Waals surface area contributed by atoms with E-state index in [9.17, 15) is 8.42 Å². The third-order valence-corrected chi connectivity index (χ3v) is 5.13. The fraction of sp³-hybridized carbons (Fsp3) is 0.462. The van der Waals surface area contributed by atoms with E-state index in [4.69, 9.17) is 11.0 Å². The Labute approximate surface area is 113 Å². The molecule has 0 heterocycles. The fourth-order valence-corrected chi connectivity index (χ4v) is 3.30. The Morgan fingerprint density at radius 1 is 1.53 bits per heavy atom. The van der Waals surface area contributed by atoms with Crippen molar-refractivity contribution in [2.75, 3.05) is 12.3 Å². The van der Waals surface area contributed by atoms with Gasteiger partial charge in [0.25, 0.3) is 0 Å². The Balaban J connectivity index is 2.18. The summed E-state index contributed by atoms with van der Waals surface area (Å²) in [6, 6.07) is 6.09. The lowest BCUT2D eigenvalue weighted by Crippen LogP contribution is -2.27. The normalized spacial score (nSPS) is 20.8. The molecule has 2 rings (SSSR count). The number of nitriles is 1. The molecule has 0 spiro atoms. The van der Waals surface area contributed by atoms with Crippen LogP contribution in [0, 0.1) is 22.7 Å². The molecular formula is C13H17N3O2S. The number of nitrogens with one attached hydrogen (secondary N) is 1. The zero-order chi connectivity index (χ0) is 14.3. The summed E-state index contributed by atoms with van der Waals surface area (Å²) in [7, 11) is -3.65. The van der Waals surface area contributed by atoms with Crippen molar-refractivity contribution in [3.63, 3.8) is 0 Å². The molecule has 1 fully saturated rings. The number of nitrogens with zero attached hydrogens (tertiary/aromatic N) is 1. The first-order valence-corrected chi connectivity index (χ1v) is 7.54. The lowest BCUT2D eigenvalue weighted by Gasteiger charge is -2.09. The maximum absolute atomic E-state index is 12.2. The average molecular weight is 279 g/mol. The van der Waals surface area contributed by atoms with Gasteiger partial charge in [-0.2, -0.15) is 5.26 Å². The second-order valence-corrected chi connectivity index (χ2v) is 7.34. The van der Waals surface area contributed by atoms with E-state index in [-0.39, 0.29) is 15.9 Å². The third kappa shape index (κ3) is 2.88. The maximum Gasteiger partial charge on any atom is 0.241 e. The molecule has 0 radical (unpaired) electrons. The van der Waals surface area contributed by atoms with Gasteiger partial charge in [-0.15, -0.1) is 0 Å². The van der Waals surface area contributed by atoms with E-state index in [1.54, 1.807) is 0 Å². The van der Waals surface area contributed by atoms with Gasteiger partial charge in [-0.1, -0.05) is 13.8 Å². The number of nitrogens with two attached hydrogens (primary N) is 1. The highest BCUT2D eigenvalue weighted by molar-refractivity contribution is 7.89. The van der Waals surface area contributed by atoms with Crippen LogP contribution in [0.2, 0.25) is 0 Å². The second-order valence-electron chi connectivity index (χ2n) is 5.61. The van der Waals surface area contributed by atoms with E-state index in [0.717, 1.165) is 6.42 Å². The summed E-state index contributed by atoms with van der Waals surface area (Å²) in [6.07, 6.45) is 1.02. The Morgan fingerprint density at radius 2 is 2.16 bits per heavy atom. The highest BCUT2D eigenvalue weighted by Crippen LogP contribution is 2.51. The summed E-state index contributed by atoms with van der Waals surface area (Å²) in [5.74, 6) is 0.363. The molecule has 1 aliphatic carbocycles. The van der Waals surface area contributed by atoms with Crippen LogP contribution >= 0.6 is 0 Å². The summed E-state index contributed by atoms with van der Waals surface area (Å²) >= 11 is 0. The number of benzene rings is 1. The van der Waals surface area contributed by atoms with Gasteiger partial charge in [0.2, 0.25) is 10.0 Å². The lowest BCUT2D eigenvalue weighted by atomic mass is 10.1. The number of nitrogen functional groups attached to an aromatic ring is 1. The lowest BCUT2D eigenvalue weighted by molar-refractivity contribution is 0.537. The molecule has 1 saturated carbocycles. The SMILES string of the molecule is CC1(C)CC1CNS(=O)(=O)c1ccc(N)cc1C#N. The second kappa shape index (κ2) is 4.51. The first-order chi connectivity index (χ1) is 8.76. The Morgan fingerprint density at radius 3 is 2.68 bits per heavy atom. The highest BCUT2D eigenvalue weighted by atomic mass is 32.2. The molecule has 0 aliphatic heterocycles. The van der Waals surface area contributed by atoms with E-state index < -0.39 is 10.0 Å². The molecule has 1 atom stereocenters. The molecule has 102 valence electrons. The minimum Gasteiger partial charge on any atom is -0.399 e. The van der Waals surface area contributed by atoms with Crippen molar-refractivity contribution >= 4 is 15.7 Å². The number of sulfonamides is 1. The van der Waals surface area contributed by atoms with Gasteiger partial charge < -0.3 is 5.73 Å². The van der Waals surface area contributed by atoms with Gasteiger partial charge in [-0.3, -0.25) is 0 Å². The summed E-state index contributed by atoms with van der Waals surface area (Å²) in [5, 5.41) is 8.98. The minimum atomic E-state index is -3.65. The number of hydrogen-bond donors (Lipinski definition) is 2. The smallest absolute Gasteiger partial charge is 0.241 e. The van der Waals surface area contributed by atoms with Gasteiger partial charge in [0.1, 0.15) is 6.07 Å². The van der Waals surface area contributed by atoms with Gasteiger partial charge >= 0.3 is 0 Å². The van der Waals surface area contributed by atoms with Gasteiger partial charge in [0, 0.05) is 12.2 Å². The zero-order valence-electron chi connectivity index (χ0n) is 11.0. The maximum atomic E-state index is 12.2. The van der Waals surface area contributed by atoms with Gasteiger partial charge in [-0.25, -0.2) is 13.1 Å². The van der Waals surface area contributed by atoms with Crippen LogP contribution in [0.1, 0.15) is 25.8 Å². The van der Waals surface area contributed by atoms with E-state index in [2.05, 4.69) is 18.6 Å². The van der Waals surface area contributed by atoms with E-state index in [1.165, 1.54) is 18.2 Å². The standard InChI is InChI=1S/C13H17N3O2S/c1-13(2)6-10(13)8-16-19(17,18)12-4-3-11(15)5-9(12)7-14/h3-5,10,16H,6,8,15H2,1-2H3. The van der Waals surface area contributed by atoms with Crippen LogP contribution in [-0.4, -0.2) is 15.0 Å². The molecule has 0 amide bonds. The number of hydrogen-bond acceptors (Lipinski definition) is 4. The van der Waals surface area contributed by atoms with Crippen LogP contribution in [0.25, 0.3) is 0 Å². The van der Waals surface area contributed by atoms with Crippen LogP contribution < -0.4 is 10.5 Å². The minimum absolute atomic E-state index is 0.0114. The molecule has 6 heteroatoms. The Hall–Kier alpha value is -1.58. The van der Waals surface area contributed by atoms with E-state index >= 15 is 0 Å². The first-order valence-electron chi connectivity index (χ1n) is 6.05. The molecule has 5 nitrogen and oxygen atoms in total. The number of rotatable bonds is 4. The topological polar surface area (TPSA) is 96.0 Å². The Bertz CT molecular complexity index is 644. The highest BCUT2D eigenvalue weighted by Gasteiger charge is 2.45. The average Bonchev–Trinajstić information content (AvgIpc) is 2.94. The van der Waals surface area contributed by atoms with Crippen molar-refractivity contribution in [3.8, 4) is 6.07 Å². The van der Waals surface area contributed by atoms with Gasteiger partial charge in [0.15, 0.2) is 0 Å². The van der Waals surface area contributed by atoms with Gasteiger partial charge in [0.05, 0.1) is 10.5 Å². The molecule has 0 bridgehead atoms. The Kier molecular flexibility index (Phi) is 3.29. The third-order valence-electron chi connectivity index (χ3n) is 3.65. The number of anilines is 1. The van der Waals surface area contributed by atoms with E-state index in [0.29, 0.717) is 18.2 Å². The van der Waals surface area contributed by atoms with Crippen molar-refractivity contribution in [1.82, 2.24) is 4.72 Å². The molecule has 0 aromatic heterocycles. The van der Waals surface area contributed by atoms with Crippen LogP contribution in [0.3, 0.4) is 0 Å². The summed E-state index contributed by atoms with van der Waals surface area (Å²) < 4.78 is 26.9. The largest absolute Gasteiger partial charge is 0.399 e. The van der Waals surface area contributed by atoms with Crippen LogP contribution in [0.5, 0.6) is 0 Å².